The van der Waals surface area contributed by atoms with E-state index in [0.717, 1.165) is 0 Å². The van der Waals surface area contributed by atoms with Crippen molar-refractivity contribution in [1.82, 2.24) is 0 Å². The third kappa shape index (κ3) is 12.5. The molecule has 0 aliphatic carbocycles. The molecule has 4 heteroatoms. The molecule has 0 aromatic heterocycles. The summed E-state index contributed by atoms with van der Waals surface area (Å²) in [6.07, 6.45) is -2.37. The molecule has 0 fully saturated rings. The molecule has 0 spiro atoms. The highest BCUT2D eigenvalue weighted by Crippen LogP contribution is 1.86. The topological polar surface area (TPSA) is 80.9 Å². The summed E-state index contributed by atoms with van der Waals surface area (Å²) in [5.74, 6) is 0. The van der Waals surface area contributed by atoms with Crippen molar-refractivity contribution in [2.24, 2.45) is 0 Å². The Morgan fingerprint density at radius 2 is 0.583 bits per heavy atom. The molecule has 0 saturated heterocycles. The molecule has 4 unspecified atom stereocenters. The molecular formula is C8H20O4. The summed E-state index contributed by atoms with van der Waals surface area (Å²) >= 11 is 0. The predicted molar refractivity (Wildman–Crippen MR) is 46.7 cm³/mol. The van der Waals surface area contributed by atoms with Crippen molar-refractivity contribution < 1.29 is 20.4 Å². The summed E-state index contributed by atoms with van der Waals surface area (Å²) in [7, 11) is 0. The Morgan fingerprint density at radius 3 is 0.583 bits per heavy atom. The van der Waals surface area contributed by atoms with Crippen LogP contribution in [0.2, 0.25) is 0 Å². The van der Waals surface area contributed by atoms with Crippen LogP contribution in [0.4, 0.5) is 0 Å². The van der Waals surface area contributed by atoms with Gasteiger partial charge in [-0.2, -0.15) is 0 Å². The van der Waals surface area contributed by atoms with Crippen LogP contribution in [0.1, 0.15) is 27.7 Å². The van der Waals surface area contributed by atoms with Gasteiger partial charge in [0.05, 0.1) is 24.4 Å². The molecule has 0 bridgehead atoms. The van der Waals surface area contributed by atoms with Gasteiger partial charge in [-0.3, -0.25) is 0 Å². The molecule has 4 atom stereocenters. The Morgan fingerprint density at radius 1 is 0.500 bits per heavy atom. The molecule has 0 aliphatic heterocycles. The Balaban J connectivity index is 0. The first-order valence-corrected chi connectivity index (χ1v) is 4.01. The van der Waals surface area contributed by atoms with Crippen LogP contribution >= 0.6 is 0 Å². The van der Waals surface area contributed by atoms with E-state index in [9.17, 15) is 0 Å². The van der Waals surface area contributed by atoms with Crippen LogP contribution in [-0.2, 0) is 0 Å². The maximum absolute atomic E-state index is 8.38. The highest BCUT2D eigenvalue weighted by atomic mass is 16.3. The predicted octanol–water partition coefficient (Wildman–Crippen LogP) is -0.504. The van der Waals surface area contributed by atoms with Crippen LogP contribution in [0.3, 0.4) is 0 Å². The maximum atomic E-state index is 8.38. The molecule has 0 amide bonds. The highest BCUT2D eigenvalue weighted by Gasteiger charge is 2.00. The van der Waals surface area contributed by atoms with E-state index in [1.807, 2.05) is 0 Å². The van der Waals surface area contributed by atoms with Crippen LogP contribution < -0.4 is 0 Å². The normalized spacial score (nSPS) is 20.0. The Kier molecular flexibility index (Phi) is 8.97. The van der Waals surface area contributed by atoms with Crippen LogP contribution in [0.25, 0.3) is 0 Å². The van der Waals surface area contributed by atoms with E-state index in [-0.39, 0.29) is 0 Å². The molecule has 76 valence electrons. The van der Waals surface area contributed by atoms with Gasteiger partial charge in [-0.15, -0.1) is 0 Å². The van der Waals surface area contributed by atoms with Crippen molar-refractivity contribution in [3.05, 3.63) is 0 Å². The summed E-state index contributed by atoms with van der Waals surface area (Å²) < 4.78 is 0. The van der Waals surface area contributed by atoms with E-state index in [1.54, 1.807) is 27.7 Å². The molecule has 0 rings (SSSR count). The first-order chi connectivity index (χ1) is 5.29. The first kappa shape index (κ1) is 14.4. The Hall–Kier alpha value is -0.160. The molecule has 0 saturated carbocycles. The zero-order valence-corrected chi connectivity index (χ0v) is 8.10. The van der Waals surface area contributed by atoms with Crippen molar-refractivity contribution in [1.29, 1.82) is 0 Å². The second-order valence-corrected chi connectivity index (χ2v) is 2.96. The third-order valence-electron chi connectivity index (χ3n) is 1.40. The lowest BCUT2D eigenvalue weighted by Crippen LogP contribution is -2.17. The minimum Gasteiger partial charge on any atom is -0.391 e. The largest absolute Gasteiger partial charge is 0.391 e. The lowest BCUT2D eigenvalue weighted by molar-refractivity contribution is 0.0438. The van der Waals surface area contributed by atoms with Crippen molar-refractivity contribution in [3.63, 3.8) is 0 Å². The zero-order chi connectivity index (χ0) is 10.3. The smallest absolute Gasteiger partial charge is 0.0768 e. The standard InChI is InChI=1S/2C4H10O2/c2*1-3(5)4(2)6/h2*3-6H,1-2H3. The molecule has 0 aromatic carbocycles. The second kappa shape index (κ2) is 7.49. The van der Waals surface area contributed by atoms with Crippen molar-refractivity contribution >= 4 is 0 Å². The van der Waals surface area contributed by atoms with Crippen molar-refractivity contribution in [2.75, 3.05) is 0 Å². The van der Waals surface area contributed by atoms with Gasteiger partial charge in [0.15, 0.2) is 0 Å². The summed E-state index contributed by atoms with van der Waals surface area (Å²) in [5.41, 5.74) is 0. The summed E-state index contributed by atoms with van der Waals surface area (Å²) in [5, 5.41) is 33.5. The summed E-state index contributed by atoms with van der Waals surface area (Å²) in [6.45, 7) is 6.19. The lowest BCUT2D eigenvalue weighted by atomic mass is 10.3. The van der Waals surface area contributed by atoms with Gasteiger partial charge >= 0.3 is 0 Å². The second-order valence-electron chi connectivity index (χ2n) is 2.96. The average Bonchev–Trinajstić information content (AvgIpc) is 1.88. The quantitative estimate of drug-likeness (QED) is 0.461. The molecular weight excluding hydrogens is 160 g/mol. The molecule has 0 heterocycles. The van der Waals surface area contributed by atoms with E-state index in [0.29, 0.717) is 0 Å². The van der Waals surface area contributed by atoms with E-state index >= 15 is 0 Å². The number of hydrogen-bond acceptors (Lipinski definition) is 4. The zero-order valence-electron chi connectivity index (χ0n) is 8.10. The molecule has 4 nitrogen and oxygen atoms in total. The van der Waals surface area contributed by atoms with Gasteiger partial charge in [-0.1, -0.05) is 0 Å². The van der Waals surface area contributed by atoms with Crippen molar-refractivity contribution in [3.8, 4) is 0 Å². The van der Waals surface area contributed by atoms with Crippen LogP contribution in [0, 0.1) is 0 Å². The van der Waals surface area contributed by atoms with E-state index in [1.165, 1.54) is 0 Å². The van der Waals surface area contributed by atoms with Crippen LogP contribution in [-0.4, -0.2) is 44.8 Å². The average molecular weight is 180 g/mol. The van der Waals surface area contributed by atoms with Gasteiger partial charge in [-0.05, 0) is 27.7 Å². The summed E-state index contributed by atoms with van der Waals surface area (Å²) in [4.78, 5) is 0. The fraction of sp³-hybridized carbons (Fsp3) is 1.00. The monoisotopic (exact) mass is 180 g/mol. The van der Waals surface area contributed by atoms with Gasteiger partial charge in [0.25, 0.3) is 0 Å². The van der Waals surface area contributed by atoms with Gasteiger partial charge < -0.3 is 20.4 Å². The van der Waals surface area contributed by atoms with Crippen LogP contribution in [0.15, 0.2) is 0 Å². The molecule has 4 N–H and O–H groups in total. The highest BCUT2D eigenvalue weighted by molar-refractivity contribution is 4.51. The number of aliphatic hydroxyl groups excluding tert-OH is 4. The van der Waals surface area contributed by atoms with E-state index < -0.39 is 24.4 Å². The molecule has 0 aromatic rings. The molecule has 0 radical (unpaired) electrons. The van der Waals surface area contributed by atoms with Gasteiger partial charge in [0, 0.05) is 0 Å². The number of aliphatic hydroxyl groups is 4. The van der Waals surface area contributed by atoms with Gasteiger partial charge in [-0.25, -0.2) is 0 Å². The van der Waals surface area contributed by atoms with E-state index in [2.05, 4.69) is 0 Å². The minimum absolute atomic E-state index is 0.593. The maximum Gasteiger partial charge on any atom is 0.0768 e. The summed E-state index contributed by atoms with van der Waals surface area (Å²) in [6, 6.07) is 0. The first-order valence-electron chi connectivity index (χ1n) is 4.01. The van der Waals surface area contributed by atoms with Gasteiger partial charge in [0.1, 0.15) is 0 Å². The Bertz CT molecular complexity index is 65.1. The van der Waals surface area contributed by atoms with Crippen molar-refractivity contribution in [2.45, 2.75) is 52.1 Å². The molecule has 12 heavy (non-hydrogen) atoms. The lowest BCUT2D eigenvalue weighted by Gasteiger charge is -2.03. The molecule has 0 aliphatic rings. The Labute approximate surface area is 73.5 Å². The third-order valence-corrected chi connectivity index (χ3v) is 1.40. The van der Waals surface area contributed by atoms with E-state index in [4.69, 9.17) is 20.4 Å². The van der Waals surface area contributed by atoms with Crippen LogP contribution in [0.5, 0.6) is 0 Å². The number of hydrogen-bond donors (Lipinski definition) is 4. The minimum atomic E-state index is -0.593. The fourth-order valence-corrected chi connectivity index (χ4v) is 0. The fourth-order valence-electron chi connectivity index (χ4n) is 0. The SMILES string of the molecule is CC(O)C(C)O.CC(O)C(C)O. The number of rotatable bonds is 2. The van der Waals surface area contributed by atoms with Gasteiger partial charge in [0.2, 0.25) is 0 Å².